The standard InChI is InChI=1S/C25H28N2O2/c1-2-29-21-14-12-20(13-15-21)25(28)26-18-24(27-16-5-6-17-27)23-11-7-9-19-8-3-4-10-22(19)23/h3-4,7-15,24H,2,5-6,16-18H2,1H3,(H,26,28)/p+1/t24-/m0/s1. The van der Waals surface area contributed by atoms with Gasteiger partial charge in [0.15, 0.2) is 0 Å². The van der Waals surface area contributed by atoms with E-state index in [0.717, 1.165) is 18.8 Å². The number of amides is 1. The first-order valence-electron chi connectivity index (χ1n) is 10.6. The highest BCUT2D eigenvalue weighted by Gasteiger charge is 2.29. The van der Waals surface area contributed by atoms with Crippen LogP contribution in [-0.2, 0) is 0 Å². The van der Waals surface area contributed by atoms with Gasteiger partial charge in [0.25, 0.3) is 5.91 Å². The lowest BCUT2D eigenvalue weighted by Gasteiger charge is -2.26. The number of hydrogen-bond acceptors (Lipinski definition) is 2. The molecule has 4 nitrogen and oxygen atoms in total. The number of carbonyl (C=O) groups excluding carboxylic acids is 1. The summed E-state index contributed by atoms with van der Waals surface area (Å²) in [5, 5.41) is 5.73. The Morgan fingerprint density at radius 3 is 2.48 bits per heavy atom. The van der Waals surface area contributed by atoms with E-state index in [-0.39, 0.29) is 11.9 Å². The molecule has 3 aromatic rings. The van der Waals surface area contributed by atoms with Crippen molar-refractivity contribution in [3.05, 3.63) is 77.9 Å². The first-order valence-corrected chi connectivity index (χ1v) is 10.6. The average Bonchev–Trinajstić information content (AvgIpc) is 3.29. The van der Waals surface area contributed by atoms with Crippen molar-refractivity contribution in [2.75, 3.05) is 26.2 Å². The van der Waals surface area contributed by atoms with E-state index in [4.69, 9.17) is 4.74 Å². The molecule has 1 aliphatic rings. The Labute approximate surface area is 172 Å². The summed E-state index contributed by atoms with van der Waals surface area (Å²) in [5.74, 6) is 0.760. The van der Waals surface area contributed by atoms with Crippen LogP contribution in [0, 0.1) is 0 Å². The zero-order valence-electron chi connectivity index (χ0n) is 17.0. The number of rotatable bonds is 7. The Balaban J connectivity index is 1.54. The second kappa shape index (κ2) is 9.10. The van der Waals surface area contributed by atoms with Crippen molar-refractivity contribution in [2.45, 2.75) is 25.8 Å². The molecule has 1 saturated heterocycles. The highest BCUT2D eigenvalue weighted by Crippen LogP contribution is 2.23. The van der Waals surface area contributed by atoms with E-state index in [1.807, 2.05) is 31.2 Å². The third-order valence-corrected chi connectivity index (χ3v) is 5.83. The predicted molar refractivity (Wildman–Crippen MR) is 117 cm³/mol. The van der Waals surface area contributed by atoms with E-state index in [1.54, 1.807) is 4.90 Å². The summed E-state index contributed by atoms with van der Waals surface area (Å²) < 4.78 is 5.47. The summed E-state index contributed by atoms with van der Waals surface area (Å²) in [6.45, 7) is 5.53. The SMILES string of the molecule is CCOc1ccc(C(=O)NC[C@@H](c2cccc3ccccc23)[NH+]2CCCC2)cc1. The van der Waals surface area contributed by atoms with Crippen LogP contribution < -0.4 is 15.0 Å². The lowest BCUT2D eigenvalue weighted by atomic mass is 9.97. The van der Waals surface area contributed by atoms with Crippen molar-refractivity contribution in [3.63, 3.8) is 0 Å². The van der Waals surface area contributed by atoms with Gasteiger partial charge in [-0.2, -0.15) is 0 Å². The molecule has 1 fully saturated rings. The highest BCUT2D eigenvalue weighted by atomic mass is 16.5. The quantitative estimate of drug-likeness (QED) is 0.651. The number of ether oxygens (including phenoxy) is 1. The molecule has 0 bridgehead atoms. The van der Waals surface area contributed by atoms with Gasteiger partial charge >= 0.3 is 0 Å². The van der Waals surface area contributed by atoms with Crippen molar-refractivity contribution in [3.8, 4) is 5.75 Å². The lowest BCUT2D eigenvalue weighted by molar-refractivity contribution is -0.918. The number of quaternary nitrogens is 1. The molecule has 1 heterocycles. The van der Waals surface area contributed by atoms with Gasteiger partial charge in [-0.3, -0.25) is 4.79 Å². The van der Waals surface area contributed by atoms with Gasteiger partial charge in [-0.1, -0.05) is 42.5 Å². The molecule has 150 valence electrons. The zero-order valence-corrected chi connectivity index (χ0v) is 17.0. The van der Waals surface area contributed by atoms with Gasteiger partial charge in [-0.05, 0) is 42.0 Å². The minimum atomic E-state index is -0.0307. The normalized spacial score (nSPS) is 15.3. The topological polar surface area (TPSA) is 42.8 Å². The van der Waals surface area contributed by atoms with Crippen molar-refractivity contribution in [2.24, 2.45) is 0 Å². The molecule has 1 aliphatic heterocycles. The van der Waals surface area contributed by atoms with Crippen LogP contribution in [0.4, 0.5) is 0 Å². The monoisotopic (exact) mass is 389 g/mol. The van der Waals surface area contributed by atoms with Gasteiger partial charge in [-0.15, -0.1) is 0 Å². The van der Waals surface area contributed by atoms with Gasteiger partial charge in [0.2, 0.25) is 0 Å². The number of benzene rings is 3. The first kappa shape index (κ1) is 19.5. The summed E-state index contributed by atoms with van der Waals surface area (Å²) in [6, 6.07) is 22.7. The number of likely N-dealkylation sites (tertiary alicyclic amines) is 1. The van der Waals surface area contributed by atoms with Crippen LogP contribution in [0.3, 0.4) is 0 Å². The van der Waals surface area contributed by atoms with Crippen LogP contribution in [0.1, 0.15) is 41.7 Å². The van der Waals surface area contributed by atoms with E-state index >= 15 is 0 Å². The fourth-order valence-corrected chi connectivity index (χ4v) is 4.37. The zero-order chi connectivity index (χ0) is 20.1. The number of nitrogens with one attached hydrogen (secondary N) is 2. The van der Waals surface area contributed by atoms with Gasteiger partial charge in [-0.25, -0.2) is 0 Å². The van der Waals surface area contributed by atoms with Crippen LogP contribution in [0.2, 0.25) is 0 Å². The third kappa shape index (κ3) is 4.43. The van der Waals surface area contributed by atoms with Gasteiger partial charge in [0, 0.05) is 24.0 Å². The average molecular weight is 390 g/mol. The molecule has 2 N–H and O–H groups in total. The van der Waals surface area contributed by atoms with E-state index in [2.05, 4.69) is 47.8 Å². The fraction of sp³-hybridized carbons (Fsp3) is 0.320. The van der Waals surface area contributed by atoms with Crippen LogP contribution in [0.5, 0.6) is 5.75 Å². The number of carbonyl (C=O) groups is 1. The smallest absolute Gasteiger partial charge is 0.251 e. The van der Waals surface area contributed by atoms with Crippen LogP contribution in [-0.4, -0.2) is 32.1 Å². The molecule has 4 rings (SSSR count). The lowest BCUT2D eigenvalue weighted by Crippen LogP contribution is -3.11. The third-order valence-electron chi connectivity index (χ3n) is 5.83. The van der Waals surface area contributed by atoms with E-state index < -0.39 is 0 Å². The first-order chi connectivity index (χ1) is 14.3. The molecule has 3 aromatic carbocycles. The van der Waals surface area contributed by atoms with E-state index in [9.17, 15) is 4.79 Å². The molecule has 0 unspecified atom stereocenters. The highest BCUT2D eigenvalue weighted by molar-refractivity contribution is 5.94. The second-order valence-electron chi connectivity index (χ2n) is 7.65. The summed E-state index contributed by atoms with van der Waals surface area (Å²) in [6.07, 6.45) is 2.51. The largest absolute Gasteiger partial charge is 0.494 e. The van der Waals surface area contributed by atoms with Crippen LogP contribution in [0.15, 0.2) is 66.7 Å². The summed E-state index contributed by atoms with van der Waals surface area (Å²) in [7, 11) is 0. The molecule has 0 saturated carbocycles. The van der Waals surface area contributed by atoms with Crippen molar-refractivity contribution < 1.29 is 14.4 Å². The van der Waals surface area contributed by atoms with Gasteiger partial charge < -0.3 is 15.0 Å². The van der Waals surface area contributed by atoms with Crippen molar-refractivity contribution >= 4 is 16.7 Å². The molecule has 1 atom stereocenters. The Kier molecular flexibility index (Phi) is 6.11. The minimum absolute atomic E-state index is 0.0307. The predicted octanol–water partition coefficient (Wildman–Crippen LogP) is 3.39. The summed E-state index contributed by atoms with van der Waals surface area (Å²) >= 11 is 0. The van der Waals surface area contributed by atoms with Gasteiger partial charge in [0.05, 0.1) is 26.2 Å². The summed E-state index contributed by atoms with van der Waals surface area (Å²) in [5.41, 5.74) is 1.99. The Bertz CT molecular complexity index is 957. The van der Waals surface area contributed by atoms with Gasteiger partial charge in [0.1, 0.15) is 11.8 Å². The Morgan fingerprint density at radius 1 is 1.00 bits per heavy atom. The molecule has 1 amide bonds. The summed E-state index contributed by atoms with van der Waals surface area (Å²) in [4.78, 5) is 14.3. The molecule has 0 aromatic heterocycles. The molecule has 29 heavy (non-hydrogen) atoms. The van der Waals surface area contributed by atoms with Crippen LogP contribution in [0.25, 0.3) is 10.8 Å². The number of hydrogen-bond donors (Lipinski definition) is 2. The van der Waals surface area contributed by atoms with E-state index in [0.29, 0.717) is 18.7 Å². The van der Waals surface area contributed by atoms with E-state index in [1.165, 1.54) is 29.2 Å². The molecule has 0 spiro atoms. The maximum Gasteiger partial charge on any atom is 0.251 e. The Morgan fingerprint density at radius 2 is 1.72 bits per heavy atom. The molecular formula is C25H29N2O2+. The Hall–Kier alpha value is -2.85. The number of fused-ring (bicyclic) bond motifs is 1. The minimum Gasteiger partial charge on any atom is -0.494 e. The maximum absolute atomic E-state index is 12.8. The maximum atomic E-state index is 12.8. The van der Waals surface area contributed by atoms with Crippen LogP contribution >= 0.6 is 0 Å². The molecule has 0 radical (unpaired) electrons. The second-order valence-corrected chi connectivity index (χ2v) is 7.65. The molecular weight excluding hydrogens is 360 g/mol. The van der Waals surface area contributed by atoms with Crippen molar-refractivity contribution in [1.29, 1.82) is 0 Å². The fourth-order valence-electron chi connectivity index (χ4n) is 4.37. The molecule has 0 aliphatic carbocycles. The molecule has 4 heteroatoms. The van der Waals surface area contributed by atoms with Crippen molar-refractivity contribution in [1.82, 2.24) is 5.32 Å².